The van der Waals surface area contributed by atoms with Crippen LogP contribution in [0, 0.1) is 0 Å². The van der Waals surface area contributed by atoms with Gasteiger partial charge >= 0.3 is 17.9 Å². The zero-order chi connectivity index (χ0) is 54.3. The van der Waals surface area contributed by atoms with E-state index in [-0.39, 0.29) is 31.1 Å². The molecule has 6 heteroatoms. The molecule has 0 aromatic rings. The standard InChI is InChI=1S/C69H114O6/c1-4-7-10-13-16-19-22-25-28-29-30-31-32-33-34-35-36-37-38-39-42-44-47-50-53-56-59-62-68(71)74-65-66(75-69(72)63-60-57-54-51-48-45-41-27-24-21-18-15-12-9-6-3)64-73-67(70)61-58-55-52-49-46-43-40-26-23-20-17-14-11-8-5-2/h7,10,16,19,25-28,30-31,33-34,36-37,39-42,47,50,66H,4-6,8-9,11-15,17-18,20-24,29,32,35,38,43-46,48-49,51-65H2,1-3H3/b10-7-,19-16-,28-25-,31-30-,34-33-,37-36-,40-26-,41-27-,42-39-,50-47-. The molecule has 0 heterocycles. The number of hydrogen-bond donors (Lipinski definition) is 0. The van der Waals surface area contributed by atoms with Crippen molar-refractivity contribution in [2.75, 3.05) is 13.2 Å². The molecule has 1 unspecified atom stereocenters. The van der Waals surface area contributed by atoms with Crippen LogP contribution in [0.3, 0.4) is 0 Å². The Kier molecular flexibility index (Phi) is 58.9. The van der Waals surface area contributed by atoms with Crippen molar-refractivity contribution in [1.82, 2.24) is 0 Å². The lowest BCUT2D eigenvalue weighted by Crippen LogP contribution is -2.30. The summed E-state index contributed by atoms with van der Waals surface area (Å²) in [5.74, 6) is -0.961. The fourth-order valence-corrected chi connectivity index (χ4v) is 8.27. The number of allylic oxidation sites excluding steroid dienone is 20. The molecule has 426 valence electrons. The fraction of sp³-hybridized carbons (Fsp3) is 0.667. The summed E-state index contributed by atoms with van der Waals surface area (Å²) in [6.07, 6.45) is 86.2. The van der Waals surface area contributed by atoms with Crippen LogP contribution in [0.5, 0.6) is 0 Å². The average molecular weight is 1040 g/mol. The van der Waals surface area contributed by atoms with Gasteiger partial charge in [0.05, 0.1) is 0 Å². The van der Waals surface area contributed by atoms with Crippen LogP contribution in [-0.4, -0.2) is 37.2 Å². The lowest BCUT2D eigenvalue weighted by atomic mass is 10.1. The van der Waals surface area contributed by atoms with Crippen LogP contribution in [-0.2, 0) is 28.6 Å². The fourth-order valence-electron chi connectivity index (χ4n) is 8.27. The van der Waals surface area contributed by atoms with Gasteiger partial charge in [-0.1, -0.05) is 245 Å². The van der Waals surface area contributed by atoms with Gasteiger partial charge in [0.1, 0.15) is 13.2 Å². The molecule has 0 aromatic carbocycles. The molecule has 0 amide bonds. The van der Waals surface area contributed by atoms with Crippen molar-refractivity contribution in [2.24, 2.45) is 0 Å². The quantitative estimate of drug-likeness (QED) is 0.0261. The Morgan fingerprint density at radius 2 is 0.520 bits per heavy atom. The first kappa shape index (κ1) is 70.8. The summed E-state index contributed by atoms with van der Waals surface area (Å²) < 4.78 is 16.8. The largest absolute Gasteiger partial charge is 0.462 e. The summed E-state index contributed by atoms with van der Waals surface area (Å²) in [5.41, 5.74) is 0. The number of ether oxygens (including phenoxy) is 3. The second-order valence-electron chi connectivity index (χ2n) is 20.2. The van der Waals surface area contributed by atoms with E-state index in [0.29, 0.717) is 25.7 Å². The molecule has 1 atom stereocenters. The minimum absolute atomic E-state index is 0.101. The SMILES string of the molecule is CC/C=C\C/C=C\C/C=C\C/C=C\C/C=C\C/C=C\C/C=C\C/C=C\CCCCC(=O)OCC(COC(=O)CCCCCCC/C=C\CCCCCCCC)OC(=O)CCCCCCC/C=C\CCCCCCCC. The molecule has 0 N–H and O–H groups in total. The number of unbranched alkanes of at least 4 members (excludes halogenated alkanes) is 24. The number of esters is 3. The Morgan fingerprint density at radius 3 is 0.853 bits per heavy atom. The van der Waals surface area contributed by atoms with Gasteiger partial charge in [0, 0.05) is 19.3 Å². The summed E-state index contributed by atoms with van der Waals surface area (Å²) in [6.45, 7) is 6.47. The van der Waals surface area contributed by atoms with E-state index >= 15 is 0 Å². The molecular formula is C69H114O6. The third-order valence-corrected chi connectivity index (χ3v) is 12.9. The predicted octanol–water partition coefficient (Wildman–Crippen LogP) is 21.2. The highest BCUT2D eigenvalue weighted by Crippen LogP contribution is 2.14. The first-order chi connectivity index (χ1) is 37.0. The molecule has 75 heavy (non-hydrogen) atoms. The summed E-state index contributed by atoms with van der Waals surface area (Å²) >= 11 is 0. The Hall–Kier alpha value is -4.19. The van der Waals surface area contributed by atoms with Gasteiger partial charge in [-0.2, -0.15) is 0 Å². The Labute approximate surface area is 462 Å². The first-order valence-electron chi connectivity index (χ1n) is 31.0. The smallest absolute Gasteiger partial charge is 0.306 e. The van der Waals surface area contributed by atoms with Crippen molar-refractivity contribution in [2.45, 2.75) is 284 Å². The minimum atomic E-state index is -0.807. The molecule has 0 rings (SSSR count). The molecule has 6 nitrogen and oxygen atoms in total. The van der Waals surface area contributed by atoms with Crippen molar-refractivity contribution >= 4 is 17.9 Å². The first-order valence-corrected chi connectivity index (χ1v) is 31.0. The molecular weight excluding hydrogens is 925 g/mol. The Balaban J connectivity index is 4.45. The van der Waals surface area contributed by atoms with Crippen LogP contribution in [0.25, 0.3) is 0 Å². The normalized spacial score (nSPS) is 12.9. The van der Waals surface area contributed by atoms with Crippen molar-refractivity contribution in [3.8, 4) is 0 Å². The number of rotatable bonds is 55. The van der Waals surface area contributed by atoms with Gasteiger partial charge in [0.2, 0.25) is 0 Å². The zero-order valence-corrected chi connectivity index (χ0v) is 48.8. The van der Waals surface area contributed by atoms with Gasteiger partial charge in [-0.15, -0.1) is 0 Å². The van der Waals surface area contributed by atoms with Crippen molar-refractivity contribution in [3.05, 3.63) is 122 Å². The molecule has 0 aromatic heterocycles. The van der Waals surface area contributed by atoms with Gasteiger partial charge in [0.15, 0.2) is 6.10 Å². The monoisotopic (exact) mass is 1040 g/mol. The highest BCUT2D eigenvalue weighted by molar-refractivity contribution is 5.71. The Bertz CT molecular complexity index is 1570. The van der Waals surface area contributed by atoms with Crippen LogP contribution in [0.15, 0.2) is 122 Å². The predicted molar refractivity (Wildman–Crippen MR) is 325 cm³/mol. The van der Waals surface area contributed by atoms with Crippen LogP contribution >= 0.6 is 0 Å². The molecule has 0 saturated carbocycles. The third kappa shape index (κ3) is 60.6. The van der Waals surface area contributed by atoms with Crippen molar-refractivity contribution in [3.63, 3.8) is 0 Å². The number of carbonyl (C=O) groups is 3. The molecule has 0 saturated heterocycles. The lowest BCUT2D eigenvalue weighted by Gasteiger charge is -2.18. The third-order valence-electron chi connectivity index (χ3n) is 12.9. The summed E-state index contributed by atoms with van der Waals surface area (Å²) in [6, 6.07) is 0. The van der Waals surface area contributed by atoms with E-state index in [0.717, 1.165) is 128 Å². The number of hydrogen-bond acceptors (Lipinski definition) is 6. The van der Waals surface area contributed by atoms with E-state index in [1.54, 1.807) is 0 Å². The Morgan fingerprint density at radius 1 is 0.280 bits per heavy atom. The summed E-state index contributed by atoms with van der Waals surface area (Å²) in [5, 5.41) is 0. The van der Waals surface area contributed by atoms with Crippen LogP contribution < -0.4 is 0 Å². The molecule has 0 aliphatic carbocycles. The van der Waals surface area contributed by atoms with E-state index in [1.807, 2.05) is 0 Å². The molecule has 0 radical (unpaired) electrons. The van der Waals surface area contributed by atoms with Gasteiger partial charge in [-0.05, 0) is 135 Å². The summed E-state index contributed by atoms with van der Waals surface area (Å²) in [7, 11) is 0. The van der Waals surface area contributed by atoms with E-state index in [1.165, 1.54) is 103 Å². The maximum Gasteiger partial charge on any atom is 0.306 e. The zero-order valence-electron chi connectivity index (χ0n) is 48.8. The summed E-state index contributed by atoms with van der Waals surface area (Å²) in [4.78, 5) is 38.2. The van der Waals surface area contributed by atoms with Gasteiger partial charge in [0.25, 0.3) is 0 Å². The molecule has 0 fully saturated rings. The maximum atomic E-state index is 12.9. The average Bonchev–Trinajstić information content (AvgIpc) is 3.41. The van der Waals surface area contributed by atoms with E-state index in [4.69, 9.17) is 14.2 Å². The van der Waals surface area contributed by atoms with Crippen LogP contribution in [0.1, 0.15) is 278 Å². The van der Waals surface area contributed by atoms with Gasteiger partial charge < -0.3 is 14.2 Å². The minimum Gasteiger partial charge on any atom is -0.462 e. The highest BCUT2D eigenvalue weighted by atomic mass is 16.6. The second kappa shape index (κ2) is 62.4. The van der Waals surface area contributed by atoms with Gasteiger partial charge in [-0.3, -0.25) is 14.4 Å². The molecule has 0 aliphatic rings. The lowest BCUT2D eigenvalue weighted by molar-refractivity contribution is -0.167. The maximum absolute atomic E-state index is 12.9. The highest BCUT2D eigenvalue weighted by Gasteiger charge is 2.19. The van der Waals surface area contributed by atoms with Crippen molar-refractivity contribution < 1.29 is 28.6 Å². The second-order valence-corrected chi connectivity index (χ2v) is 20.2. The number of carbonyl (C=O) groups excluding carboxylic acids is 3. The molecule has 0 spiro atoms. The van der Waals surface area contributed by atoms with E-state index in [2.05, 4.69) is 142 Å². The van der Waals surface area contributed by atoms with E-state index in [9.17, 15) is 14.4 Å². The van der Waals surface area contributed by atoms with Crippen LogP contribution in [0.4, 0.5) is 0 Å². The van der Waals surface area contributed by atoms with E-state index < -0.39 is 6.10 Å². The molecule has 0 bridgehead atoms. The molecule has 0 aliphatic heterocycles. The van der Waals surface area contributed by atoms with Gasteiger partial charge in [-0.25, -0.2) is 0 Å². The van der Waals surface area contributed by atoms with Crippen LogP contribution in [0.2, 0.25) is 0 Å². The topological polar surface area (TPSA) is 78.9 Å². The van der Waals surface area contributed by atoms with Crippen molar-refractivity contribution in [1.29, 1.82) is 0 Å².